The van der Waals surface area contributed by atoms with Gasteiger partial charge in [0, 0.05) is 18.2 Å². The zero-order chi connectivity index (χ0) is 15.5. The van der Waals surface area contributed by atoms with Gasteiger partial charge in [-0.2, -0.15) is 0 Å². The second-order valence-electron chi connectivity index (χ2n) is 7.87. The van der Waals surface area contributed by atoms with Gasteiger partial charge in [0.15, 0.2) is 0 Å². The minimum absolute atomic E-state index is 0.243. The van der Waals surface area contributed by atoms with Crippen molar-refractivity contribution in [1.29, 1.82) is 0 Å². The maximum atomic E-state index is 3.61. The van der Waals surface area contributed by atoms with Gasteiger partial charge in [-0.25, -0.2) is 0 Å². The van der Waals surface area contributed by atoms with Gasteiger partial charge in [-0.3, -0.25) is 0 Å². The van der Waals surface area contributed by atoms with Crippen LogP contribution in [0.3, 0.4) is 0 Å². The van der Waals surface area contributed by atoms with Gasteiger partial charge in [-0.05, 0) is 28.5 Å². The minimum Gasteiger partial charge on any atom is -0.384 e. The van der Waals surface area contributed by atoms with Crippen molar-refractivity contribution in [2.24, 2.45) is 5.92 Å². The second-order valence-corrected chi connectivity index (χ2v) is 7.87. The summed E-state index contributed by atoms with van der Waals surface area (Å²) >= 11 is 0. The van der Waals surface area contributed by atoms with Gasteiger partial charge in [0.05, 0.1) is 0 Å². The van der Waals surface area contributed by atoms with Crippen LogP contribution in [0.1, 0.15) is 83.8 Å². The van der Waals surface area contributed by atoms with Crippen LogP contribution >= 0.6 is 0 Å². The van der Waals surface area contributed by atoms with Crippen LogP contribution in [-0.2, 0) is 5.41 Å². The molecule has 0 radical (unpaired) electrons. The molecule has 0 aromatic heterocycles. The third kappa shape index (κ3) is 4.02. The standard InChI is InChI=1S/C20H33N/c1-6-7-8-9-10-15(2)18-14-21-19-12-11-16(13-17(18)19)20(3,4)5/h11-13,15,18,21H,6-10,14H2,1-5H3. The number of hydrogen-bond acceptors (Lipinski definition) is 1. The summed E-state index contributed by atoms with van der Waals surface area (Å²) in [4.78, 5) is 0. The summed E-state index contributed by atoms with van der Waals surface area (Å²) in [6.45, 7) is 12.8. The van der Waals surface area contributed by atoms with E-state index in [1.54, 1.807) is 5.56 Å². The predicted octanol–water partition coefficient (Wildman–Crippen LogP) is 6.10. The van der Waals surface area contributed by atoms with E-state index in [-0.39, 0.29) is 5.41 Å². The van der Waals surface area contributed by atoms with Crippen molar-refractivity contribution in [3.63, 3.8) is 0 Å². The molecule has 118 valence electrons. The van der Waals surface area contributed by atoms with Crippen molar-refractivity contribution >= 4 is 5.69 Å². The van der Waals surface area contributed by atoms with Crippen molar-refractivity contribution in [1.82, 2.24) is 0 Å². The quantitative estimate of drug-likeness (QED) is 0.623. The molecule has 1 aliphatic rings. The topological polar surface area (TPSA) is 12.0 Å². The number of unbranched alkanes of at least 4 members (excludes halogenated alkanes) is 3. The zero-order valence-corrected chi connectivity index (χ0v) is 14.6. The Hall–Kier alpha value is -0.980. The highest BCUT2D eigenvalue weighted by Crippen LogP contribution is 2.40. The molecule has 1 aromatic carbocycles. The monoisotopic (exact) mass is 287 g/mol. The molecule has 1 aliphatic heterocycles. The first-order valence-electron chi connectivity index (χ1n) is 8.81. The van der Waals surface area contributed by atoms with E-state index in [2.05, 4.69) is 58.1 Å². The minimum atomic E-state index is 0.243. The van der Waals surface area contributed by atoms with Crippen LogP contribution in [-0.4, -0.2) is 6.54 Å². The van der Waals surface area contributed by atoms with Crippen molar-refractivity contribution in [2.75, 3.05) is 11.9 Å². The first-order valence-corrected chi connectivity index (χ1v) is 8.81. The van der Waals surface area contributed by atoms with E-state index in [1.807, 2.05) is 0 Å². The Bertz CT molecular complexity index is 455. The van der Waals surface area contributed by atoms with E-state index in [0.717, 1.165) is 12.5 Å². The SMILES string of the molecule is CCCCCCC(C)C1CNc2ccc(C(C)(C)C)cc21. The highest BCUT2D eigenvalue weighted by atomic mass is 14.9. The third-order valence-corrected chi connectivity index (χ3v) is 5.03. The van der Waals surface area contributed by atoms with Gasteiger partial charge in [0.25, 0.3) is 0 Å². The van der Waals surface area contributed by atoms with Crippen molar-refractivity contribution in [2.45, 2.75) is 78.1 Å². The molecule has 2 atom stereocenters. The number of fused-ring (bicyclic) bond motifs is 1. The van der Waals surface area contributed by atoms with Crippen LogP contribution in [0.4, 0.5) is 5.69 Å². The van der Waals surface area contributed by atoms with Crippen LogP contribution in [0.5, 0.6) is 0 Å². The van der Waals surface area contributed by atoms with E-state index in [4.69, 9.17) is 0 Å². The van der Waals surface area contributed by atoms with Crippen LogP contribution < -0.4 is 5.32 Å². The highest BCUT2D eigenvalue weighted by Gasteiger charge is 2.28. The summed E-state index contributed by atoms with van der Waals surface area (Å²) in [5, 5.41) is 3.61. The Kier molecular flexibility index (Phi) is 5.35. The summed E-state index contributed by atoms with van der Waals surface area (Å²) in [6.07, 6.45) is 6.87. The van der Waals surface area contributed by atoms with Gasteiger partial charge in [0.1, 0.15) is 0 Å². The van der Waals surface area contributed by atoms with E-state index in [9.17, 15) is 0 Å². The molecule has 0 saturated carbocycles. The van der Waals surface area contributed by atoms with Crippen molar-refractivity contribution in [3.8, 4) is 0 Å². The summed E-state index contributed by atoms with van der Waals surface area (Å²) < 4.78 is 0. The zero-order valence-electron chi connectivity index (χ0n) is 14.6. The molecular formula is C20H33N. The molecule has 2 unspecified atom stereocenters. The molecule has 1 nitrogen and oxygen atoms in total. The van der Waals surface area contributed by atoms with Crippen LogP contribution in [0.25, 0.3) is 0 Å². The Morgan fingerprint density at radius 2 is 1.95 bits per heavy atom. The molecule has 21 heavy (non-hydrogen) atoms. The van der Waals surface area contributed by atoms with E-state index in [1.165, 1.54) is 43.4 Å². The molecule has 1 heterocycles. The van der Waals surface area contributed by atoms with E-state index < -0.39 is 0 Å². The lowest BCUT2D eigenvalue weighted by Crippen LogP contribution is -2.14. The number of benzene rings is 1. The Balaban J connectivity index is 2.06. The lowest BCUT2D eigenvalue weighted by Gasteiger charge is -2.23. The average Bonchev–Trinajstić information content (AvgIpc) is 2.85. The molecule has 0 amide bonds. The van der Waals surface area contributed by atoms with Gasteiger partial charge in [-0.15, -0.1) is 0 Å². The Labute approximate surface area is 131 Å². The smallest absolute Gasteiger partial charge is 0.0376 e. The van der Waals surface area contributed by atoms with Crippen LogP contribution in [0.15, 0.2) is 18.2 Å². The molecule has 1 N–H and O–H groups in total. The van der Waals surface area contributed by atoms with E-state index in [0.29, 0.717) is 5.92 Å². The molecule has 0 saturated heterocycles. The number of nitrogens with one attached hydrogen (secondary N) is 1. The average molecular weight is 287 g/mol. The van der Waals surface area contributed by atoms with Gasteiger partial charge in [-0.1, -0.05) is 78.9 Å². The summed E-state index contributed by atoms with van der Waals surface area (Å²) in [5.74, 6) is 1.48. The lowest BCUT2D eigenvalue weighted by molar-refractivity contribution is 0.427. The fraction of sp³-hybridized carbons (Fsp3) is 0.700. The van der Waals surface area contributed by atoms with Crippen molar-refractivity contribution in [3.05, 3.63) is 29.3 Å². The first kappa shape index (κ1) is 16.4. The fourth-order valence-corrected chi connectivity index (χ4v) is 3.43. The molecule has 0 spiro atoms. The summed E-state index contributed by atoms with van der Waals surface area (Å²) in [7, 11) is 0. The maximum absolute atomic E-state index is 3.61. The molecular weight excluding hydrogens is 254 g/mol. The fourth-order valence-electron chi connectivity index (χ4n) is 3.43. The lowest BCUT2D eigenvalue weighted by atomic mass is 9.81. The molecule has 1 aromatic rings. The summed E-state index contributed by atoms with van der Waals surface area (Å²) in [6, 6.07) is 7.04. The predicted molar refractivity (Wildman–Crippen MR) is 94.3 cm³/mol. The molecule has 0 aliphatic carbocycles. The molecule has 2 rings (SSSR count). The normalized spacial score (nSPS) is 19.2. The number of hydrogen-bond donors (Lipinski definition) is 1. The largest absolute Gasteiger partial charge is 0.384 e. The van der Waals surface area contributed by atoms with Crippen LogP contribution in [0, 0.1) is 5.92 Å². The van der Waals surface area contributed by atoms with Crippen molar-refractivity contribution < 1.29 is 0 Å². The Morgan fingerprint density at radius 1 is 1.19 bits per heavy atom. The van der Waals surface area contributed by atoms with Gasteiger partial charge >= 0.3 is 0 Å². The number of rotatable bonds is 6. The highest BCUT2D eigenvalue weighted by molar-refractivity contribution is 5.59. The molecule has 0 fully saturated rings. The summed E-state index contributed by atoms with van der Waals surface area (Å²) in [5.41, 5.74) is 4.64. The third-order valence-electron chi connectivity index (χ3n) is 5.03. The second kappa shape index (κ2) is 6.85. The van der Waals surface area contributed by atoms with E-state index >= 15 is 0 Å². The maximum Gasteiger partial charge on any atom is 0.0376 e. The number of anilines is 1. The van der Waals surface area contributed by atoms with Gasteiger partial charge in [0.2, 0.25) is 0 Å². The van der Waals surface area contributed by atoms with Crippen LogP contribution in [0.2, 0.25) is 0 Å². The first-order chi connectivity index (χ1) is 9.93. The van der Waals surface area contributed by atoms with Gasteiger partial charge < -0.3 is 5.32 Å². The Morgan fingerprint density at radius 3 is 2.62 bits per heavy atom. The molecule has 0 bridgehead atoms. The molecule has 1 heteroatoms.